The molecule has 0 aromatic carbocycles. The molecule has 1 amide bonds. The monoisotopic (exact) mass is 275 g/mol. The summed E-state index contributed by atoms with van der Waals surface area (Å²) in [5.74, 6) is 0.573. The summed E-state index contributed by atoms with van der Waals surface area (Å²) >= 11 is 0. The van der Waals surface area contributed by atoms with Crippen molar-refractivity contribution in [2.75, 3.05) is 18.4 Å². The minimum atomic E-state index is 0.0707. The van der Waals surface area contributed by atoms with E-state index in [0.29, 0.717) is 17.7 Å². The molecule has 0 bridgehead atoms. The molecule has 1 aliphatic heterocycles. The fraction of sp³-hybridized carbons (Fsp3) is 0.625. The molecule has 1 fully saturated rings. The summed E-state index contributed by atoms with van der Waals surface area (Å²) in [6, 6.07) is 4.14. The van der Waals surface area contributed by atoms with Gasteiger partial charge in [0.1, 0.15) is 5.69 Å². The number of likely N-dealkylation sites (tertiary alicyclic amines) is 1. The van der Waals surface area contributed by atoms with Crippen LogP contribution in [0.15, 0.2) is 18.3 Å². The number of hydrogen-bond donors (Lipinski definition) is 1. The van der Waals surface area contributed by atoms with E-state index >= 15 is 0 Å². The maximum atomic E-state index is 12.6. The number of carbonyl (C=O) groups excluding carboxylic acids is 1. The van der Waals surface area contributed by atoms with E-state index in [9.17, 15) is 4.79 Å². The fourth-order valence-corrected chi connectivity index (χ4v) is 2.81. The Hall–Kier alpha value is -1.58. The standard InChI is InChI=1S/C16H25N3O/c1-4-8-17-13-7-9-18-14(11-13)16(20)19-10-5-6-15(19)12(2)3/h7,9,11-12,15H,4-6,8,10H2,1-3H3,(H,17,18). The van der Waals surface area contributed by atoms with Gasteiger partial charge in [0.25, 0.3) is 5.91 Å². The Morgan fingerprint density at radius 2 is 2.35 bits per heavy atom. The van der Waals surface area contributed by atoms with Gasteiger partial charge in [-0.05, 0) is 37.3 Å². The minimum absolute atomic E-state index is 0.0707. The molecule has 1 aromatic heterocycles. The molecule has 1 aliphatic rings. The van der Waals surface area contributed by atoms with E-state index in [4.69, 9.17) is 0 Å². The Morgan fingerprint density at radius 1 is 1.55 bits per heavy atom. The van der Waals surface area contributed by atoms with Gasteiger partial charge >= 0.3 is 0 Å². The molecule has 0 radical (unpaired) electrons. The van der Waals surface area contributed by atoms with Gasteiger partial charge in [-0.25, -0.2) is 0 Å². The second kappa shape index (κ2) is 6.73. The van der Waals surface area contributed by atoms with Crippen molar-refractivity contribution < 1.29 is 4.79 Å². The molecule has 4 nitrogen and oxygen atoms in total. The zero-order chi connectivity index (χ0) is 14.5. The highest BCUT2D eigenvalue weighted by Crippen LogP contribution is 2.25. The van der Waals surface area contributed by atoms with Crippen molar-refractivity contribution in [3.8, 4) is 0 Å². The van der Waals surface area contributed by atoms with Crippen molar-refractivity contribution in [3.05, 3.63) is 24.0 Å². The fourth-order valence-electron chi connectivity index (χ4n) is 2.81. The van der Waals surface area contributed by atoms with Gasteiger partial charge in [-0.15, -0.1) is 0 Å². The summed E-state index contributed by atoms with van der Waals surface area (Å²) < 4.78 is 0. The summed E-state index contributed by atoms with van der Waals surface area (Å²) in [6.45, 7) is 8.26. The first kappa shape index (κ1) is 14.8. The molecule has 2 heterocycles. The zero-order valence-corrected chi connectivity index (χ0v) is 12.7. The normalized spacial score (nSPS) is 18.6. The van der Waals surface area contributed by atoms with Crippen LogP contribution in [0.2, 0.25) is 0 Å². The Kier molecular flexibility index (Phi) is 4.99. The highest BCUT2D eigenvalue weighted by molar-refractivity contribution is 5.93. The maximum absolute atomic E-state index is 12.6. The van der Waals surface area contributed by atoms with Crippen LogP contribution in [0.1, 0.15) is 50.5 Å². The Balaban J connectivity index is 2.12. The Morgan fingerprint density at radius 3 is 3.05 bits per heavy atom. The second-order valence-electron chi connectivity index (χ2n) is 5.81. The van der Waals surface area contributed by atoms with Crippen LogP contribution in [0, 0.1) is 5.92 Å². The first-order valence-electron chi connectivity index (χ1n) is 7.64. The predicted octanol–water partition coefficient (Wildman–Crippen LogP) is 3.16. The van der Waals surface area contributed by atoms with Crippen LogP contribution in [0.4, 0.5) is 5.69 Å². The van der Waals surface area contributed by atoms with Gasteiger partial charge in [0, 0.05) is 31.0 Å². The summed E-state index contributed by atoms with van der Waals surface area (Å²) in [5.41, 5.74) is 1.53. The molecule has 0 aliphatic carbocycles. The van der Waals surface area contributed by atoms with Crippen LogP contribution >= 0.6 is 0 Å². The lowest BCUT2D eigenvalue weighted by atomic mass is 10.0. The lowest BCUT2D eigenvalue weighted by Gasteiger charge is -2.27. The van der Waals surface area contributed by atoms with Crippen LogP contribution < -0.4 is 5.32 Å². The van der Waals surface area contributed by atoms with E-state index < -0.39 is 0 Å². The molecule has 20 heavy (non-hydrogen) atoms. The minimum Gasteiger partial charge on any atom is -0.385 e. The smallest absolute Gasteiger partial charge is 0.272 e. The molecule has 1 saturated heterocycles. The van der Waals surface area contributed by atoms with E-state index in [1.165, 1.54) is 0 Å². The second-order valence-corrected chi connectivity index (χ2v) is 5.81. The van der Waals surface area contributed by atoms with Gasteiger partial charge in [-0.3, -0.25) is 9.78 Å². The molecule has 1 atom stereocenters. The van der Waals surface area contributed by atoms with Crippen molar-refractivity contribution in [3.63, 3.8) is 0 Å². The summed E-state index contributed by atoms with van der Waals surface area (Å²) in [7, 11) is 0. The molecule has 4 heteroatoms. The van der Waals surface area contributed by atoms with Gasteiger partial charge in [-0.2, -0.15) is 0 Å². The van der Waals surface area contributed by atoms with E-state index in [-0.39, 0.29) is 5.91 Å². The lowest BCUT2D eigenvalue weighted by Crippen LogP contribution is -2.38. The molecule has 2 rings (SSSR count). The van der Waals surface area contributed by atoms with Crippen molar-refractivity contribution in [2.45, 2.75) is 46.1 Å². The van der Waals surface area contributed by atoms with Crippen LogP contribution in [0.25, 0.3) is 0 Å². The third-order valence-electron chi connectivity index (χ3n) is 3.89. The number of hydrogen-bond acceptors (Lipinski definition) is 3. The number of anilines is 1. The third-order valence-corrected chi connectivity index (χ3v) is 3.89. The van der Waals surface area contributed by atoms with Gasteiger partial charge in [-0.1, -0.05) is 20.8 Å². The average molecular weight is 275 g/mol. The zero-order valence-electron chi connectivity index (χ0n) is 12.7. The van der Waals surface area contributed by atoms with E-state index in [1.807, 2.05) is 17.0 Å². The van der Waals surface area contributed by atoms with Crippen LogP contribution in [-0.4, -0.2) is 34.9 Å². The van der Waals surface area contributed by atoms with E-state index in [0.717, 1.165) is 38.0 Å². The molecule has 1 aromatic rings. The van der Waals surface area contributed by atoms with Crippen molar-refractivity contribution in [1.29, 1.82) is 0 Å². The first-order chi connectivity index (χ1) is 9.63. The topological polar surface area (TPSA) is 45.2 Å². The molecule has 110 valence electrons. The number of nitrogens with zero attached hydrogens (tertiary/aromatic N) is 2. The number of amides is 1. The maximum Gasteiger partial charge on any atom is 0.272 e. The van der Waals surface area contributed by atoms with Crippen molar-refractivity contribution in [2.24, 2.45) is 5.92 Å². The highest BCUT2D eigenvalue weighted by Gasteiger charge is 2.31. The average Bonchev–Trinajstić information content (AvgIpc) is 2.94. The van der Waals surface area contributed by atoms with Crippen molar-refractivity contribution >= 4 is 11.6 Å². The van der Waals surface area contributed by atoms with Gasteiger partial charge in [0.05, 0.1) is 0 Å². The first-order valence-corrected chi connectivity index (χ1v) is 7.64. The number of carbonyl (C=O) groups is 1. The number of pyridine rings is 1. The Bertz CT molecular complexity index is 459. The molecular weight excluding hydrogens is 250 g/mol. The van der Waals surface area contributed by atoms with Gasteiger partial charge in [0.2, 0.25) is 0 Å². The lowest BCUT2D eigenvalue weighted by molar-refractivity contribution is 0.0695. The SMILES string of the molecule is CCCNc1ccnc(C(=O)N2CCCC2C(C)C)c1. The molecule has 1 N–H and O–H groups in total. The molecular formula is C16H25N3O. The van der Waals surface area contributed by atoms with Crippen LogP contribution in [0.5, 0.6) is 0 Å². The number of nitrogens with one attached hydrogen (secondary N) is 1. The van der Waals surface area contributed by atoms with Crippen LogP contribution in [-0.2, 0) is 0 Å². The Labute approximate surface area is 121 Å². The molecule has 1 unspecified atom stereocenters. The largest absolute Gasteiger partial charge is 0.385 e. The predicted molar refractivity (Wildman–Crippen MR) is 81.9 cm³/mol. The van der Waals surface area contributed by atoms with E-state index in [1.54, 1.807) is 6.20 Å². The van der Waals surface area contributed by atoms with Gasteiger partial charge < -0.3 is 10.2 Å². The molecule has 0 saturated carbocycles. The quantitative estimate of drug-likeness (QED) is 0.897. The number of rotatable bonds is 5. The number of aromatic nitrogens is 1. The van der Waals surface area contributed by atoms with E-state index in [2.05, 4.69) is 31.1 Å². The molecule has 0 spiro atoms. The van der Waals surface area contributed by atoms with Crippen LogP contribution in [0.3, 0.4) is 0 Å². The van der Waals surface area contributed by atoms with Gasteiger partial charge in [0.15, 0.2) is 0 Å². The third kappa shape index (κ3) is 3.30. The summed E-state index contributed by atoms with van der Waals surface area (Å²) in [4.78, 5) is 18.9. The summed E-state index contributed by atoms with van der Waals surface area (Å²) in [6.07, 6.45) is 4.98. The highest BCUT2D eigenvalue weighted by atomic mass is 16.2. The summed E-state index contributed by atoms with van der Waals surface area (Å²) in [5, 5.41) is 3.30. The van der Waals surface area contributed by atoms with Crippen molar-refractivity contribution in [1.82, 2.24) is 9.88 Å².